The van der Waals surface area contributed by atoms with Crippen molar-refractivity contribution in [3.63, 3.8) is 0 Å². The molecular formula is C16H18HgN4O3. The van der Waals surface area contributed by atoms with Gasteiger partial charge in [0.2, 0.25) is 0 Å². The third-order valence-corrected chi connectivity index (χ3v) is 3.39. The Kier molecular flexibility index (Phi) is 8.11. The molecule has 1 N–H and O–H groups in total. The Balaban J connectivity index is 0.000000238. The number of nitrogens with zero attached hydrogens (tertiary/aromatic N) is 4. The van der Waals surface area contributed by atoms with Crippen LogP contribution in [-0.4, -0.2) is 30.8 Å². The molecule has 2 heterocycles. The summed E-state index contributed by atoms with van der Waals surface area (Å²) in [6, 6.07) is 0. The molecule has 0 unspecified atom stereocenters. The molecule has 0 aromatic heterocycles. The van der Waals surface area contributed by atoms with Crippen LogP contribution in [0.5, 0.6) is 5.88 Å². The Hall–Kier alpha value is -1.69. The molecular weight excluding hydrogens is 497 g/mol. The average Bonchev–Trinajstić information content (AvgIpc) is 3.08. The van der Waals surface area contributed by atoms with Gasteiger partial charge in [-0.2, -0.15) is 0 Å². The van der Waals surface area contributed by atoms with Crippen LogP contribution >= 0.6 is 0 Å². The maximum absolute atomic E-state index is 11.4. The third-order valence-electron chi connectivity index (χ3n) is 3.39. The van der Waals surface area contributed by atoms with Crippen molar-refractivity contribution in [2.24, 2.45) is 14.1 Å². The minimum absolute atomic E-state index is 0. The van der Waals surface area contributed by atoms with Crippen molar-refractivity contribution in [3.8, 4) is 17.4 Å². The zero-order valence-corrected chi connectivity index (χ0v) is 19.3. The van der Waals surface area contributed by atoms with Crippen molar-refractivity contribution in [3.05, 3.63) is 52.8 Å². The molecule has 7 nitrogen and oxygen atoms in total. The molecule has 2 aliphatic heterocycles. The van der Waals surface area contributed by atoms with E-state index in [1.807, 2.05) is 24.6 Å². The molecule has 3 aliphatic rings. The molecule has 0 saturated heterocycles. The number of imidazole rings is 1. The zero-order chi connectivity index (χ0) is 16.8. The minimum Gasteiger partial charge on any atom is -0.858 e. The van der Waals surface area contributed by atoms with Gasteiger partial charge in [0.25, 0.3) is 0 Å². The maximum atomic E-state index is 11.4. The Bertz CT molecular complexity index is 800. The predicted molar refractivity (Wildman–Crippen MR) is 83.7 cm³/mol. The van der Waals surface area contributed by atoms with Crippen molar-refractivity contribution in [2.75, 3.05) is 6.61 Å². The Morgan fingerprint density at radius 3 is 2.62 bits per heavy atom. The van der Waals surface area contributed by atoms with Gasteiger partial charge in [-0.3, -0.25) is 4.57 Å². The summed E-state index contributed by atoms with van der Waals surface area (Å²) >= 11 is 0. The molecule has 0 aromatic rings. The van der Waals surface area contributed by atoms with Crippen LogP contribution in [-0.2, 0) is 41.8 Å². The van der Waals surface area contributed by atoms with E-state index < -0.39 is 11.6 Å². The molecule has 0 saturated carbocycles. The fourth-order valence-electron chi connectivity index (χ4n) is 2.09. The third kappa shape index (κ3) is 4.66. The number of allylic oxidation sites excluding steroid dienone is 3. The molecule has 0 spiro atoms. The van der Waals surface area contributed by atoms with Gasteiger partial charge in [-0.1, -0.05) is 11.6 Å². The summed E-state index contributed by atoms with van der Waals surface area (Å²) in [5.74, 6) is -0.0799. The predicted octanol–water partition coefficient (Wildman–Crippen LogP) is 0.304. The van der Waals surface area contributed by atoms with E-state index in [-0.39, 0.29) is 40.0 Å². The summed E-state index contributed by atoms with van der Waals surface area (Å²) in [5, 5.41) is 19.9. The van der Waals surface area contributed by atoms with Gasteiger partial charge in [0.1, 0.15) is 12.0 Å². The van der Waals surface area contributed by atoms with Gasteiger partial charge in [0.05, 0.1) is 0 Å². The summed E-state index contributed by atoms with van der Waals surface area (Å²) in [7, 11) is 2.97. The molecule has 2 radical (unpaired) electrons. The Labute approximate surface area is 160 Å². The van der Waals surface area contributed by atoms with Gasteiger partial charge in [-0.25, -0.2) is 14.8 Å². The van der Waals surface area contributed by atoms with Gasteiger partial charge in [-0.15, -0.1) is 5.73 Å². The van der Waals surface area contributed by atoms with Crippen LogP contribution in [0.3, 0.4) is 0 Å². The molecule has 3 rings (SSSR count). The molecule has 0 aromatic carbocycles. The molecule has 8 heteroatoms. The van der Waals surface area contributed by atoms with Crippen LogP contribution in [0.2, 0.25) is 0 Å². The first-order chi connectivity index (χ1) is 11.1. The van der Waals surface area contributed by atoms with Crippen LogP contribution in [0, 0.1) is 6.42 Å². The van der Waals surface area contributed by atoms with Gasteiger partial charge in [0.15, 0.2) is 5.82 Å². The molecule has 122 valence electrons. The van der Waals surface area contributed by atoms with Crippen LogP contribution < -0.4 is 10.8 Å². The molecule has 0 fully saturated rings. The van der Waals surface area contributed by atoms with Crippen LogP contribution in [0.4, 0.5) is 0 Å². The topological polar surface area (TPSA) is 96.0 Å². The van der Waals surface area contributed by atoms with E-state index in [2.05, 4.69) is 15.7 Å². The van der Waals surface area contributed by atoms with E-state index in [0.29, 0.717) is 5.82 Å². The maximum Gasteiger partial charge on any atom is 1.00 e. The number of hydrogen-bond donors (Lipinski definition) is 1. The number of aliphatic hydroxyl groups excluding tert-OH is 1. The standard InChI is InChI=1S/C9H11O.C7H8N4O2.Hg/c10-8-4-7-9-5-2-1-3-6-9;1-10-5-4(8-3-9-5)6(12)11(2)7(10)13;/h2-3,5-6,10H,4,7-8H2;3,12H,1-2H3;/q;;+1/p-1. The molecule has 1 aliphatic carbocycles. The SMILES string of the molecule is Cn1c2ncnc-2c([O-])n(C)c1=O.OCCCC1=CC=C=C[CH]1.[Hg+]. The van der Waals surface area contributed by atoms with E-state index in [1.165, 1.54) is 23.5 Å². The summed E-state index contributed by atoms with van der Waals surface area (Å²) in [6.07, 6.45) is 10.9. The number of rotatable bonds is 3. The van der Waals surface area contributed by atoms with Crippen LogP contribution in [0.1, 0.15) is 12.8 Å². The largest absolute Gasteiger partial charge is 1.00 e. The monoisotopic (exact) mass is 516 g/mol. The first-order valence-corrected chi connectivity index (χ1v) is 7.15. The smallest absolute Gasteiger partial charge is 0.858 e. The number of fused-ring (bicyclic) bond motifs is 1. The Morgan fingerprint density at radius 2 is 2.00 bits per heavy atom. The second-order valence-corrected chi connectivity index (χ2v) is 4.99. The summed E-state index contributed by atoms with van der Waals surface area (Å²) in [5.41, 5.74) is 4.05. The summed E-state index contributed by atoms with van der Waals surface area (Å²) in [6.45, 7) is 0.276. The average molecular weight is 515 g/mol. The Morgan fingerprint density at radius 1 is 1.25 bits per heavy atom. The molecule has 0 atom stereocenters. The van der Waals surface area contributed by atoms with E-state index in [0.717, 1.165) is 17.4 Å². The quantitative estimate of drug-likeness (QED) is 0.470. The second kappa shape index (κ2) is 9.56. The number of aliphatic hydroxyl groups is 1. The van der Waals surface area contributed by atoms with Crippen molar-refractivity contribution >= 4 is 0 Å². The van der Waals surface area contributed by atoms with E-state index in [4.69, 9.17) is 5.11 Å². The van der Waals surface area contributed by atoms with Crippen molar-refractivity contribution in [1.29, 1.82) is 0 Å². The van der Waals surface area contributed by atoms with Gasteiger partial charge >= 0.3 is 33.4 Å². The number of aromatic nitrogens is 4. The molecule has 0 bridgehead atoms. The fraction of sp³-hybridized carbons (Fsp3) is 0.312. The first kappa shape index (κ1) is 20.3. The molecule has 0 amide bonds. The second-order valence-electron chi connectivity index (χ2n) is 4.99. The van der Waals surface area contributed by atoms with Gasteiger partial charge in [0, 0.05) is 27.1 Å². The summed E-state index contributed by atoms with van der Waals surface area (Å²) in [4.78, 5) is 19.0. The molecule has 24 heavy (non-hydrogen) atoms. The zero-order valence-electron chi connectivity index (χ0n) is 13.8. The summed E-state index contributed by atoms with van der Waals surface area (Å²) < 4.78 is 2.31. The van der Waals surface area contributed by atoms with Crippen LogP contribution in [0.15, 0.2) is 40.7 Å². The van der Waals surface area contributed by atoms with Crippen LogP contribution in [0.25, 0.3) is 11.5 Å². The van der Waals surface area contributed by atoms with Crippen molar-refractivity contribution < 1.29 is 37.9 Å². The normalized spacial score (nSPS) is 12.4. The first-order valence-electron chi connectivity index (χ1n) is 7.15. The number of hydrogen-bond acceptors (Lipinski definition) is 5. The van der Waals surface area contributed by atoms with Crippen molar-refractivity contribution in [2.45, 2.75) is 12.8 Å². The van der Waals surface area contributed by atoms with E-state index >= 15 is 0 Å². The van der Waals surface area contributed by atoms with Gasteiger partial charge < -0.3 is 14.8 Å². The van der Waals surface area contributed by atoms with E-state index in [9.17, 15) is 9.90 Å². The van der Waals surface area contributed by atoms with Crippen molar-refractivity contribution in [1.82, 2.24) is 19.1 Å². The minimum atomic E-state index is -0.407. The van der Waals surface area contributed by atoms with E-state index in [1.54, 1.807) is 7.05 Å². The van der Waals surface area contributed by atoms with Gasteiger partial charge in [-0.05, 0) is 30.9 Å². The fourth-order valence-corrected chi connectivity index (χ4v) is 2.09.